The molecule has 6 heteroatoms. The molecule has 2 heterocycles. The molecular weight excluding hydrogens is 270 g/mol. The Hall–Kier alpha value is -2.50. The van der Waals surface area contributed by atoms with Crippen LogP contribution in [0.15, 0.2) is 30.5 Å². The van der Waals surface area contributed by atoms with Gasteiger partial charge in [0, 0.05) is 24.5 Å². The van der Waals surface area contributed by atoms with Crippen LogP contribution in [0.5, 0.6) is 5.75 Å². The first kappa shape index (κ1) is 13.5. The Morgan fingerprint density at radius 1 is 1.29 bits per heavy atom. The first-order valence-electron chi connectivity index (χ1n) is 6.95. The first-order valence-corrected chi connectivity index (χ1v) is 6.95. The number of aromatic nitrogens is 1. The number of piperidine rings is 1. The molecule has 1 aliphatic rings. The summed E-state index contributed by atoms with van der Waals surface area (Å²) in [4.78, 5) is 17.2. The van der Waals surface area contributed by atoms with E-state index in [4.69, 9.17) is 5.11 Å². The fourth-order valence-electron chi connectivity index (χ4n) is 2.74. The van der Waals surface area contributed by atoms with Crippen LogP contribution >= 0.6 is 0 Å². The van der Waals surface area contributed by atoms with E-state index in [1.807, 2.05) is 12.3 Å². The van der Waals surface area contributed by atoms with Crippen LogP contribution in [0.1, 0.15) is 12.8 Å². The van der Waals surface area contributed by atoms with Crippen LogP contribution in [0.4, 0.5) is 10.5 Å². The molecule has 3 rings (SSSR count). The number of benzene rings is 1. The number of carboxylic acid groups (broad SMARTS) is 1. The number of amides is 1. The number of hydrogen-bond acceptors (Lipinski definition) is 4. The van der Waals surface area contributed by atoms with Crippen molar-refractivity contribution < 1.29 is 15.0 Å². The maximum atomic E-state index is 10.6. The van der Waals surface area contributed by atoms with Crippen LogP contribution < -0.4 is 10.2 Å². The molecule has 0 spiro atoms. The minimum atomic E-state index is -0.962. The molecular formula is C15H17N3O3. The predicted octanol–water partition coefficient (Wildman–Crippen LogP) is 2.18. The van der Waals surface area contributed by atoms with Gasteiger partial charge in [0.15, 0.2) is 0 Å². The van der Waals surface area contributed by atoms with Gasteiger partial charge in [-0.25, -0.2) is 4.79 Å². The van der Waals surface area contributed by atoms with E-state index in [0.29, 0.717) is 0 Å². The van der Waals surface area contributed by atoms with Crippen LogP contribution in [0, 0.1) is 0 Å². The molecule has 0 radical (unpaired) electrons. The van der Waals surface area contributed by atoms with Crippen molar-refractivity contribution in [3.63, 3.8) is 0 Å². The van der Waals surface area contributed by atoms with Crippen molar-refractivity contribution in [3.8, 4) is 5.75 Å². The van der Waals surface area contributed by atoms with Gasteiger partial charge in [-0.2, -0.15) is 0 Å². The van der Waals surface area contributed by atoms with Gasteiger partial charge in [0.1, 0.15) is 5.75 Å². The van der Waals surface area contributed by atoms with Crippen molar-refractivity contribution in [1.82, 2.24) is 10.3 Å². The second kappa shape index (κ2) is 5.47. The molecule has 21 heavy (non-hydrogen) atoms. The third-order valence-corrected chi connectivity index (χ3v) is 3.84. The molecule has 1 aromatic carbocycles. The number of nitrogens with one attached hydrogen (secondary N) is 1. The van der Waals surface area contributed by atoms with Crippen molar-refractivity contribution >= 4 is 22.7 Å². The Labute approximate surface area is 122 Å². The summed E-state index contributed by atoms with van der Waals surface area (Å²) in [5, 5.41) is 21.7. The summed E-state index contributed by atoms with van der Waals surface area (Å²) < 4.78 is 0. The molecule has 0 bridgehead atoms. The first-order chi connectivity index (χ1) is 10.1. The topological polar surface area (TPSA) is 85.7 Å². The van der Waals surface area contributed by atoms with E-state index in [9.17, 15) is 9.90 Å². The van der Waals surface area contributed by atoms with Crippen LogP contribution in [0.2, 0.25) is 0 Å². The minimum absolute atomic E-state index is 0.0243. The standard InChI is InChI=1S/C15H17N3O3/c19-13-1-2-14-10(8-13)7-12(9-16-14)18-5-3-11(4-6-18)17-15(20)21/h1-2,7-9,11,17,19H,3-6H2,(H,20,21). The average molecular weight is 287 g/mol. The molecule has 0 atom stereocenters. The molecule has 0 aliphatic carbocycles. The zero-order chi connectivity index (χ0) is 14.8. The number of anilines is 1. The van der Waals surface area contributed by atoms with Crippen LogP contribution in [-0.2, 0) is 0 Å². The zero-order valence-electron chi connectivity index (χ0n) is 11.5. The number of carbonyl (C=O) groups is 1. The van der Waals surface area contributed by atoms with E-state index < -0.39 is 6.09 Å². The lowest BCUT2D eigenvalue weighted by Gasteiger charge is -2.33. The Morgan fingerprint density at radius 3 is 2.76 bits per heavy atom. The molecule has 1 fully saturated rings. The molecule has 1 aromatic heterocycles. The number of phenols is 1. The highest BCUT2D eigenvalue weighted by molar-refractivity contribution is 5.83. The summed E-state index contributed by atoms with van der Waals surface area (Å²) in [6.07, 6.45) is 2.43. The van der Waals surface area contributed by atoms with E-state index in [1.165, 1.54) is 0 Å². The predicted molar refractivity (Wildman–Crippen MR) is 79.8 cm³/mol. The van der Waals surface area contributed by atoms with Crippen LogP contribution in [0.3, 0.4) is 0 Å². The van der Waals surface area contributed by atoms with Gasteiger partial charge in [0.2, 0.25) is 0 Å². The molecule has 6 nitrogen and oxygen atoms in total. The van der Waals surface area contributed by atoms with Gasteiger partial charge in [-0.3, -0.25) is 4.98 Å². The number of fused-ring (bicyclic) bond motifs is 1. The SMILES string of the molecule is O=C(O)NC1CCN(c2cnc3ccc(O)cc3c2)CC1. The van der Waals surface area contributed by atoms with Gasteiger partial charge >= 0.3 is 6.09 Å². The molecule has 110 valence electrons. The summed E-state index contributed by atoms with van der Waals surface area (Å²) in [5.74, 6) is 0.228. The van der Waals surface area contributed by atoms with Gasteiger partial charge in [0.05, 0.1) is 17.4 Å². The zero-order valence-corrected chi connectivity index (χ0v) is 11.5. The number of hydrogen-bond donors (Lipinski definition) is 3. The van der Waals surface area contributed by atoms with Crippen molar-refractivity contribution in [2.24, 2.45) is 0 Å². The fraction of sp³-hybridized carbons (Fsp3) is 0.333. The molecule has 3 N–H and O–H groups in total. The molecule has 0 unspecified atom stereocenters. The summed E-state index contributed by atoms with van der Waals surface area (Å²) in [5.41, 5.74) is 1.85. The Bertz CT molecular complexity index is 666. The van der Waals surface area contributed by atoms with Gasteiger partial charge in [-0.1, -0.05) is 0 Å². The van der Waals surface area contributed by atoms with Crippen LogP contribution in [0.25, 0.3) is 10.9 Å². The van der Waals surface area contributed by atoms with E-state index in [0.717, 1.165) is 42.5 Å². The van der Waals surface area contributed by atoms with Gasteiger partial charge in [-0.15, -0.1) is 0 Å². The lowest BCUT2D eigenvalue weighted by molar-refractivity contribution is 0.187. The number of pyridine rings is 1. The van der Waals surface area contributed by atoms with Crippen molar-refractivity contribution in [3.05, 3.63) is 30.5 Å². The van der Waals surface area contributed by atoms with Crippen LogP contribution in [-0.4, -0.2) is 40.4 Å². The highest BCUT2D eigenvalue weighted by Gasteiger charge is 2.20. The molecule has 0 saturated carbocycles. The smallest absolute Gasteiger partial charge is 0.404 e. The number of phenolic OH excluding ortho intramolecular Hbond substituents is 1. The van der Waals surface area contributed by atoms with E-state index in [2.05, 4.69) is 15.2 Å². The summed E-state index contributed by atoms with van der Waals surface area (Å²) in [6.45, 7) is 1.58. The third kappa shape index (κ3) is 2.99. The molecule has 1 amide bonds. The number of rotatable bonds is 2. The number of aromatic hydroxyl groups is 1. The Morgan fingerprint density at radius 2 is 2.05 bits per heavy atom. The highest BCUT2D eigenvalue weighted by atomic mass is 16.4. The van der Waals surface area contributed by atoms with E-state index in [1.54, 1.807) is 18.2 Å². The normalized spacial score (nSPS) is 16.1. The van der Waals surface area contributed by atoms with Gasteiger partial charge < -0.3 is 20.4 Å². The summed E-state index contributed by atoms with van der Waals surface area (Å²) in [6, 6.07) is 7.14. The monoisotopic (exact) mass is 287 g/mol. The van der Waals surface area contributed by atoms with E-state index in [-0.39, 0.29) is 11.8 Å². The second-order valence-corrected chi connectivity index (χ2v) is 5.28. The fourth-order valence-corrected chi connectivity index (χ4v) is 2.74. The van der Waals surface area contributed by atoms with Crippen molar-refractivity contribution in [1.29, 1.82) is 0 Å². The lowest BCUT2D eigenvalue weighted by atomic mass is 10.0. The maximum Gasteiger partial charge on any atom is 0.404 e. The summed E-state index contributed by atoms with van der Waals surface area (Å²) >= 11 is 0. The summed E-state index contributed by atoms with van der Waals surface area (Å²) in [7, 11) is 0. The largest absolute Gasteiger partial charge is 0.508 e. The van der Waals surface area contributed by atoms with Crippen molar-refractivity contribution in [2.45, 2.75) is 18.9 Å². The third-order valence-electron chi connectivity index (χ3n) is 3.84. The molecule has 2 aromatic rings. The Balaban J connectivity index is 1.74. The van der Waals surface area contributed by atoms with Gasteiger partial charge in [0.25, 0.3) is 0 Å². The number of nitrogens with zero attached hydrogens (tertiary/aromatic N) is 2. The average Bonchev–Trinajstić information content (AvgIpc) is 2.46. The van der Waals surface area contributed by atoms with Crippen molar-refractivity contribution in [2.75, 3.05) is 18.0 Å². The quantitative estimate of drug-likeness (QED) is 0.788. The maximum absolute atomic E-state index is 10.6. The van der Waals surface area contributed by atoms with Gasteiger partial charge in [-0.05, 0) is 37.1 Å². The second-order valence-electron chi connectivity index (χ2n) is 5.28. The lowest BCUT2D eigenvalue weighted by Crippen LogP contribution is -2.44. The highest BCUT2D eigenvalue weighted by Crippen LogP contribution is 2.25. The molecule has 1 aliphatic heterocycles. The Kier molecular flexibility index (Phi) is 3.51. The van der Waals surface area contributed by atoms with E-state index >= 15 is 0 Å². The minimum Gasteiger partial charge on any atom is -0.508 e. The molecule has 1 saturated heterocycles.